The molecule has 0 spiro atoms. The van der Waals surface area contributed by atoms with E-state index in [2.05, 4.69) is 10.1 Å². The second-order valence-corrected chi connectivity index (χ2v) is 7.37. The largest absolute Gasteiger partial charge is 0.478 e. The van der Waals surface area contributed by atoms with Gasteiger partial charge in [-0.1, -0.05) is 29.8 Å². The van der Waals surface area contributed by atoms with Gasteiger partial charge in [-0.3, -0.25) is 4.79 Å². The molecule has 2 aromatic carbocycles. The quantitative estimate of drug-likeness (QED) is 0.495. The number of rotatable bonds is 6. The molecular formula is C20H14ClF2NO4S. The first-order valence-electron chi connectivity index (χ1n) is 8.23. The predicted molar refractivity (Wildman–Crippen MR) is 107 cm³/mol. The molecular weight excluding hydrogens is 424 g/mol. The Kier molecular flexibility index (Phi) is 5.86. The first kappa shape index (κ1) is 20.8. The fourth-order valence-electron chi connectivity index (χ4n) is 2.58. The molecule has 150 valence electrons. The highest BCUT2D eigenvalue weighted by molar-refractivity contribution is 7.14. The molecule has 9 heteroatoms. The Hall–Kier alpha value is -2.97. The van der Waals surface area contributed by atoms with Crippen LogP contribution < -0.4 is 10.1 Å². The summed E-state index contributed by atoms with van der Waals surface area (Å²) >= 11 is 7.02. The minimum absolute atomic E-state index is 0.0438. The van der Waals surface area contributed by atoms with Crippen molar-refractivity contribution in [1.29, 1.82) is 0 Å². The fourth-order valence-corrected chi connectivity index (χ4v) is 3.70. The van der Waals surface area contributed by atoms with Crippen molar-refractivity contribution in [3.05, 3.63) is 70.1 Å². The molecule has 1 aromatic heterocycles. The summed E-state index contributed by atoms with van der Waals surface area (Å²) in [5, 5.41) is 14.2. The van der Waals surface area contributed by atoms with E-state index in [1.54, 1.807) is 24.3 Å². The number of hydrogen-bond acceptors (Lipinski definition) is 4. The second-order valence-electron chi connectivity index (χ2n) is 6.06. The smallest absolute Gasteiger partial charge is 0.394 e. The van der Waals surface area contributed by atoms with Crippen molar-refractivity contribution in [2.24, 2.45) is 0 Å². The first-order valence-corrected chi connectivity index (χ1v) is 9.49. The molecule has 0 saturated heterocycles. The van der Waals surface area contributed by atoms with Gasteiger partial charge in [-0.05, 0) is 35.9 Å². The van der Waals surface area contributed by atoms with Crippen LogP contribution in [-0.2, 0) is 0 Å². The Morgan fingerprint density at radius 2 is 1.86 bits per heavy atom. The topological polar surface area (TPSA) is 75.6 Å². The van der Waals surface area contributed by atoms with Crippen LogP contribution in [0.2, 0.25) is 5.02 Å². The van der Waals surface area contributed by atoms with Gasteiger partial charge in [-0.2, -0.15) is 8.78 Å². The number of carboxylic acids is 1. The van der Waals surface area contributed by atoms with Gasteiger partial charge in [0.2, 0.25) is 0 Å². The molecule has 2 N–H and O–H groups in total. The van der Waals surface area contributed by atoms with Crippen molar-refractivity contribution >= 4 is 40.5 Å². The number of hydrogen-bond donors (Lipinski definition) is 2. The molecule has 0 bridgehead atoms. The lowest BCUT2D eigenvalue weighted by Crippen LogP contribution is -2.19. The van der Waals surface area contributed by atoms with Crippen LogP contribution in [0.5, 0.6) is 5.75 Å². The van der Waals surface area contributed by atoms with E-state index in [4.69, 9.17) is 11.6 Å². The van der Waals surface area contributed by atoms with Crippen LogP contribution in [0.25, 0.3) is 10.4 Å². The van der Waals surface area contributed by atoms with Crippen molar-refractivity contribution < 1.29 is 28.2 Å². The minimum atomic E-state index is -3.40. The molecule has 3 aromatic rings. The summed E-state index contributed by atoms with van der Waals surface area (Å²) in [6.07, 6.45) is -3.40. The summed E-state index contributed by atoms with van der Waals surface area (Å²) in [5.74, 6) is -2.05. The Balaban J connectivity index is 1.89. The number of thiophene rings is 1. The van der Waals surface area contributed by atoms with Crippen molar-refractivity contribution in [2.45, 2.75) is 13.0 Å². The second kappa shape index (κ2) is 8.18. The average Bonchev–Trinajstić information content (AvgIpc) is 3.05. The van der Waals surface area contributed by atoms with E-state index in [0.29, 0.717) is 22.4 Å². The monoisotopic (exact) mass is 437 g/mol. The van der Waals surface area contributed by atoms with E-state index in [0.717, 1.165) is 17.4 Å². The molecule has 0 unspecified atom stereocenters. The number of carbonyl (C=O) groups is 2. The number of carboxylic acid groups (broad SMARTS) is 1. The maximum atomic E-state index is 13.0. The number of benzene rings is 2. The predicted octanol–water partition coefficient (Wildman–Crippen LogP) is 6.01. The number of ether oxygens (including phenoxy) is 1. The molecule has 3 rings (SSSR count). The zero-order chi connectivity index (χ0) is 21.2. The van der Waals surface area contributed by atoms with Gasteiger partial charge in [0.05, 0.1) is 10.6 Å². The fraction of sp³-hybridized carbons (Fsp3) is 0.100. The highest BCUT2D eigenvalue weighted by atomic mass is 35.5. The highest BCUT2D eigenvalue weighted by Gasteiger charge is 2.24. The van der Waals surface area contributed by atoms with Crippen LogP contribution in [-0.4, -0.2) is 23.1 Å². The van der Waals surface area contributed by atoms with Crippen LogP contribution in [0.3, 0.4) is 0 Å². The SMILES string of the molecule is CC(F)(F)Oc1cccc(C(=O)Nc2csc(-c3ccc(Cl)cc3)c2C(=O)O)c1. The number of aromatic carboxylic acids is 1. The third kappa shape index (κ3) is 5.10. The van der Waals surface area contributed by atoms with Crippen molar-refractivity contribution in [3.8, 4) is 16.2 Å². The van der Waals surface area contributed by atoms with E-state index in [9.17, 15) is 23.5 Å². The molecule has 0 radical (unpaired) electrons. The van der Waals surface area contributed by atoms with Gasteiger partial charge in [-0.25, -0.2) is 4.79 Å². The van der Waals surface area contributed by atoms with E-state index in [-0.39, 0.29) is 22.6 Å². The van der Waals surface area contributed by atoms with E-state index in [1.165, 1.54) is 23.6 Å². The first-order chi connectivity index (χ1) is 13.6. The zero-order valence-electron chi connectivity index (χ0n) is 14.9. The lowest BCUT2D eigenvalue weighted by Gasteiger charge is -2.13. The van der Waals surface area contributed by atoms with Crippen LogP contribution in [0, 0.1) is 0 Å². The Labute approximate surface area is 173 Å². The van der Waals surface area contributed by atoms with Gasteiger partial charge in [-0.15, -0.1) is 11.3 Å². The summed E-state index contributed by atoms with van der Waals surface area (Å²) in [5.41, 5.74) is 0.711. The third-order valence-corrected chi connectivity index (χ3v) is 5.03. The Bertz CT molecular complexity index is 1060. The van der Waals surface area contributed by atoms with Gasteiger partial charge in [0.25, 0.3) is 5.91 Å². The normalized spacial score (nSPS) is 11.2. The molecule has 0 aliphatic carbocycles. The standard InChI is InChI=1S/C20H14ClF2NO4S/c1-20(22,23)28-14-4-2-3-12(9-14)18(25)24-15-10-29-17(16(15)19(26)27)11-5-7-13(21)8-6-11/h2-10H,1H3,(H,24,25)(H,26,27). The number of nitrogens with one attached hydrogen (secondary N) is 1. The highest BCUT2D eigenvalue weighted by Crippen LogP contribution is 2.37. The van der Waals surface area contributed by atoms with Crippen LogP contribution in [0.1, 0.15) is 27.6 Å². The average molecular weight is 438 g/mol. The number of amides is 1. The van der Waals surface area contributed by atoms with Crippen LogP contribution >= 0.6 is 22.9 Å². The molecule has 0 aliphatic rings. The summed E-state index contributed by atoms with van der Waals surface area (Å²) in [6, 6.07) is 11.9. The van der Waals surface area contributed by atoms with Crippen molar-refractivity contribution in [1.82, 2.24) is 0 Å². The summed E-state index contributed by atoms with van der Waals surface area (Å²) in [7, 11) is 0. The zero-order valence-corrected chi connectivity index (χ0v) is 16.5. The van der Waals surface area contributed by atoms with Crippen molar-refractivity contribution in [2.75, 3.05) is 5.32 Å². The number of halogens is 3. The molecule has 5 nitrogen and oxygen atoms in total. The summed E-state index contributed by atoms with van der Waals surface area (Å²) < 4.78 is 30.5. The lowest BCUT2D eigenvalue weighted by atomic mass is 10.1. The molecule has 1 amide bonds. The Morgan fingerprint density at radius 3 is 2.48 bits per heavy atom. The van der Waals surface area contributed by atoms with E-state index >= 15 is 0 Å². The molecule has 0 aliphatic heterocycles. The van der Waals surface area contributed by atoms with Gasteiger partial charge in [0, 0.05) is 22.9 Å². The van der Waals surface area contributed by atoms with E-state index < -0.39 is 18.0 Å². The maximum absolute atomic E-state index is 13.0. The molecule has 0 saturated carbocycles. The lowest BCUT2D eigenvalue weighted by molar-refractivity contribution is -0.158. The maximum Gasteiger partial charge on any atom is 0.394 e. The number of alkyl halides is 2. The Morgan fingerprint density at radius 1 is 1.17 bits per heavy atom. The summed E-state index contributed by atoms with van der Waals surface area (Å²) in [6.45, 7) is 0.586. The van der Waals surface area contributed by atoms with Gasteiger partial charge >= 0.3 is 12.1 Å². The number of anilines is 1. The van der Waals surface area contributed by atoms with Gasteiger partial charge in [0.15, 0.2) is 0 Å². The molecule has 0 atom stereocenters. The molecule has 1 heterocycles. The van der Waals surface area contributed by atoms with Crippen LogP contribution in [0.4, 0.5) is 14.5 Å². The number of carbonyl (C=O) groups excluding carboxylic acids is 1. The van der Waals surface area contributed by atoms with Crippen LogP contribution in [0.15, 0.2) is 53.9 Å². The molecule has 29 heavy (non-hydrogen) atoms. The molecule has 0 fully saturated rings. The van der Waals surface area contributed by atoms with Gasteiger partial charge < -0.3 is 15.2 Å². The van der Waals surface area contributed by atoms with Gasteiger partial charge in [0.1, 0.15) is 11.3 Å². The van der Waals surface area contributed by atoms with E-state index in [1.807, 2.05) is 0 Å². The minimum Gasteiger partial charge on any atom is -0.478 e. The third-order valence-electron chi connectivity index (χ3n) is 3.75. The summed E-state index contributed by atoms with van der Waals surface area (Å²) in [4.78, 5) is 24.8. The van der Waals surface area contributed by atoms with Crippen molar-refractivity contribution in [3.63, 3.8) is 0 Å².